The van der Waals surface area contributed by atoms with Gasteiger partial charge in [0, 0.05) is 31.0 Å². The molecular formula is C24H32BrN3O5S. The Morgan fingerprint density at radius 2 is 1.82 bits per heavy atom. The van der Waals surface area contributed by atoms with Crippen molar-refractivity contribution in [3.8, 4) is 5.75 Å². The third-order valence-electron chi connectivity index (χ3n) is 5.24. The lowest BCUT2D eigenvalue weighted by molar-refractivity contribution is -0.140. The summed E-state index contributed by atoms with van der Waals surface area (Å²) in [5.41, 5.74) is 1.38. The van der Waals surface area contributed by atoms with Crippen LogP contribution >= 0.6 is 15.9 Å². The van der Waals surface area contributed by atoms with Gasteiger partial charge in [0.05, 0.1) is 18.6 Å². The summed E-state index contributed by atoms with van der Waals surface area (Å²) in [6.07, 6.45) is 1.53. The number of nitrogens with zero attached hydrogens (tertiary/aromatic N) is 2. The number of amides is 2. The normalized spacial score (nSPS) is 12.0. The predicted molar refractivity (Wildman–Crippen MR) is 137 cm³/mol. The van der Waals surface area contributed by atoms with Crippen LogP contribution in [0.1, 0.15) is 32.3 Å². The van der Waals surface area contributed by atoms with Gasteiger partial charge in [-0.25, -0.2) is 8.42 Å². The first-order valence-corrected chi connectivity index (χ1v) is 13.7. The van der Waals surface area contributed by atoms with Gasteiger partial charge in [-0.2, -0.15) is 0 Å². The molecule has 0 fully saturated rings. The van der Waals surface area contributed by atoms with Crippen LogP contribution in [-0.2, 0) is 26.2 Å². The van der Waals surface area contributed by atoms with Gasteiger partial charge in [-0.3, -0.25) is 13.9 Å². The Balaban J connectivity index is 2.13. The van der Waals surface area contributed by atoms with Crippen LogP contribution in [0.4, 0.5) is 5.69 Å². The Kier molecular flexibility index (Phi) is 10.4. The first kappa shape index (κ1) is 27.7. The zero-order valence-corrected chi connectivity index (χ0v) is 22.4. The summed E-state index contributed by atoms with van der Waals surface area (Å²) >= 11 is 3.43. The zero-order valence-electron chi connectivity index (χ0n) is 20.0. The van der Waals surface area contributed by atoms with Gasteiger partial charge in [0.25, 0.3) is 0 Å². The number of hydrogen-bond acceptors (Lipinski definition) is 5. The molecule has 0 aliphatic rings. The second kappa shape index (κ2) is 12.8. The number of benzene rings is 2. The van der Waals surface area contributed by atoms with Crippen LogP contribution in [0.25, 0.3) is 0 Å². The van der Waals surface area contributed by atoms with Crippen LogP contribution < -0.4 is 14.4 Å². The average molecular weight is 555 g/mol. The molecule has 1 atom stereocenters. The molecule has 0 heterocycles. The SMILES string of the molecule is CCOc1ccc(N(CCCC(=O)N(Cc2cccc(Br)c2)[C@@H](C)C(=O)NC)S(C)(=O)=O)cc1. The molecule has 0 aliphatic carbocycles. The number of ether oxygens (including phenoxy) is 1. The zero-order chi connectivity index (χ0) is 25.3. The number of sulfonamides is 1. The minimum absolute atomic E-state index is 0.0956. The summed E-state index contributed by atoms with van der Waals surface area (Å²) in [4.78, 5) is 26.9. The topological polar surface area (TPSA) is 96.0 Å². The van der Waals surface area contributed by atoms with Crippen LogP contribution in [0.2, 0.25) is 0 Å². The first-order valence-electron chi connectivity index (χ1n) is 11.0. The van der Waals surface area contributed by atoms with E-state index in [1.54, 1.807) is 31.2 Å². The number of likely N-dealkylation sites (N-methyl/N-ethyl adjacent to an activating group) is 1. The molecule has 0 spiro atoms. The average Bonchev–Trinajstić information content (AvgIpc) is 2.79. The molecule has 2 aromatic rings. The van der Waals surface area contributed by atoms with Crippen LogP contribution in [0.5, 0.6) is 5.75 Å². The van der Waals surface area contributed by atoms with Gasteiger partial charge in [-0.05, 0) is 62.2 Å². The summed E-state index contributed by atoms with van der Waals surface area (Å²) in [6, 6.07) is 13.7. The Bertz CT molecular complexity index is 1080. The third kappa shape index (κ3) is 8.02. The fraction of sp³-hybridized carbons (Fsp3) is 0.417. The van der Waals surface area contributed by atoms with E-state index >= 15 is 0 Å². The number of halogens is 1. The van der Waals surface area contributed by atoms with Crippen molar-refractivity contribution in [2.75, 3.05) is 30.8 Å². The van der Waals surface area contributed by atoms with Crippen molar-refractivity contribution >= 4 is 43.5 Å². The fourth-order valence-corrected chi connectivity index (χ4v) is 4.91. The molecule has 1 N–H and O–H groups in total. The number of nitrogens with one attached hydrogen (secondary N) is 1. The molecule has 0 unspecified atom stereocenters. The van der Waals surface area contributed by atoms with Gasteiger partial charge in [-0.15, -0.1) is 0 Å². The molecule has 0 saturated heterocycles. The molecule has 0 radical (unpaired) electrons. The van der Waals surface area contributed by atoms with Crippen molar-refractivity contribution in [1.82, 2.24) is 10.2 Å². The highest BCUT2D eigenvalue weighted by Crippen LogP contribution is 2.23. The van der Waals surface area contributed by atoms with Gasteiger partial charge >= 0.3 is 0 Å². The van der Waals surface area contributed by atoms with Gasteiger partial charge in [-0.1, -0.05) is 28.1 Å². The molecule has 0 aromatic heterocycles. The molecule has 0 saturated carbocycles. The quantitative estimate of drug-likeness (QED) is 0.433. The van der Waals surface area contributed by atoms with Gasteiger partial charge in [0.15, 0.2) is 0 Å². The molecule has 0 bridgehead atoms. The maximum absolute atomic E-state index is 13.1. The van der Waals surface area contributed by atoms with E-state index in [1.807, 2.05) is 31.2 Å². The van der Waals surface area contributed by atoms with Gasteiger partial charge in [0.2, 0.25) is 21.8 Å². The molecule has 8 nitrogen and oxygen atoms in total. The number of carbonyl (C=O) groups excluding carboxylic acids is 2. The first-order chi connectivity index (χ1) is 16.1. The van der Waals surface area contributed by atoms with Crippen LogP contribution in [-0.4, -0.2) is 57.6 Å². The monoisotopic (exact) mass is 553 g/mol. The van der Waals surface area contributed by atoms with E-state index in [4.69, 9.17) is 4.74 Å². The van der Waals surface area contributed by atoms with Gasteiger partial charge < -0.3 is 15.0 Å². The maximum atomic E-state index is 13.1. The minimum Gasteiger partial charge on any atom is -0.494 e. The second-order valence-corrected chi connectivity index (χ2v) is 10.6. The Labute approximate surface area is 210 Å². The van der Waals surface area contributed by atoms with Crippen molar-refractivity contribution in [2.45, 2.75) is 39.3 Å². The Morgan fingerprint density at radius 3 is 2.38 bits per heavy atom. The molecule has 34 heavy (non-hydrogen) atoms. The summed E-state index contributed by atoms with van der Waals surface area (Å²) in [5, 5.41) is 2.59. The highest BCUT2D eigenvalue weighted by molar-refractivity contribution is 9.10. The smallest absolute Gasteiger partial charge is 0.242 e. The standard InChI is InChI=1S/C24H32BrN3O5S/c1-5-33-22-13-11-21(12-14-22)28(34(4,31)32)15-7-10-23(29)27(18(2)24(30)26-3)17-19-8-6-9-20(25)16-19/h6,8-9,11-14,16,18H,5,7,10,15,17H2,1-4H3,(H,26,30)/t18-/m0/s1. The van der Waals surface area contributed by atoms with E-state index in [0.717, 1.165) is 16.3 Å². The van der Waals surface area contributed by atoms with E-state index in [9.17, 15) is 18.0 Å². The van der Waals surface area contributed by atoms with Crippen LogP contribution in [0, 0.1) is 0 Å². The molecule has 186 valence electrons. The molecular weight excluding hydrogens is 522 g/mol. The van der Waals surface area contributed by atoms with Gasteiger partial charge in [0.1, 0.15) is 11.8 Å². The number of anilines is 1. The Hall–Kier alpha value is -2.59. The lowest BCUT2D eigenvalue weighted by Crippen LogP contribution is -2.46. The second-order valence-electron chi connectivity index (χ2n) is 7.81. The van der Waals surface area contributed by atoms with Crippen molar-refractivity contribution in [2.24, 2.45) is 0 Å². The Morgan fingerprint density at radius 1 is 1.15 bits per heavy atom. The third-order valence-corrected chi connectivity index (χ3v) is 6.93. The van der Waals surface area contributed by atoms with Crippen LogP contribution in [0.15, 0.2) is 53.0 Å². The van der Waals surface area contributed by atoms with E-state index in [0.29, 0.717) is 24.5 Å². The van der Waals surface area contributed by atoms with E-state index < -0.39 is 16.1 Å². The van der Waals surface area contributed by atoms with Crippen molar-refractivity contribution < 1.29 is 22.7 Å². The molecule has 0 aliphatic heterocycles. The highest BCUT2D eigenvalue weighted by Gasteiger charge is 2.26. The molecule has 2 aromatic carbocycles. The molecule has 2 amide bonds. The molecule has 10 heteroatoms. The van der Waals surface area contributed by atoms with Crippen molar-refractivity contribution in [3.63, 3.8) is 0 Å². The number of carbonyl (C=O) groups is 2. The molecule has 2 rings (SSSR count). The largest absolute Gasteiger partial charge is 0.494 e. The summed E-state index contributed by atoms with van der Waals surface area (Å²) in [5.74, 6) is 0.160. The number of rotatable bonds is 12. The minimum atomic E-state index is -3.55. The number of hydrogen-bond donors (Lipinski definition) is 1. The summed E-state index contributed by atoms with van der Waals surface area (Å²) in [7, 11) is -2.02. The van der Waals surface area contributed by atoms with E-state index in [-0.39, 0.29) is 31.3 Å². The summed E-state index contributed by atoms with van der Waals surface area (Å²) < 4.78 is 32.4. The van der Waals surface area contributed by atoms with E-state index in [1.165, 1.54) is 16.3 Å². The van der Waals surface area contributed by atoms with E-state index in [2.05, 4.69) is 21.2 Å². The lowest BCUT2D eigenvalue weighted by Gasteiger charge is -2.29. The predicted octanol–water partition coefficient (Wildman–Crippen LogP) is 3.56. The van der Waals surface area contributed by atoms with Crippen LogP contribution in [0.3, 0.4) is 0 Å². The van der Waals surface area contributed by atoms with Crippen molar-refractivity contribution in [3.05, 3.63) is 58.6 Å². The lowest BCUT2D eigenvalue weighted by atomic mass is 10.1. The highest BCUT2D eigenvalue weighted by atomic mass is 79.9. The maximum Gasteiger partial charge on any atom is 0.242 e. The fourth-order valence-electron chi connectivity index (χ4n) is 3.50. The van der Waals surface area contributed by atoms with Crippen molar-refractivity contribution in [1.29, 1.82) is 0 Å². The summed E-state index contributed by atoms with van der Waals surface area (Å²) in [6.45, 7) is 4.47.